The zero-order valence-corrected chi connectivity index (χ0v) is 13.0. The van der Waals surface area contributed by atoms with E-state index in [-0.39, 0.29) is 72.0 Å². The molecule has 15 heavy (non-hydrogen) atoms. The van der Waals surface area contributed by atoms with Gasteiger partial charge in [-0.15, -0.1) is 0 Å². The molecule has 0 heterocycles. The van der Waals surface area contributed by atoms with E-state index >= 15 is 0 Å². The summed E-state index contributed by atoms with van der Waals surface area (Å²) < 4.78 is 9.82. The summed E-state index contributed by atoms with van der Waals surface area (Å²) in [6, 6.07) is 0. The molecule has 0 aliphatic rings. The second kappa shape index (κ2) is 15.0. The van der Waals surface area contributed by atoms with Gasteiger partial charge in [0.1, 0.15) is 6.61 Å². The molecule has 0 saturated carbocycles. The molecule has 0 radical (unpaired) electrons. The normalized spacial score (nSPS) is 9.47. The standard InChI is InChI=1S/C10H20O4.K.H/c1-2-3-4-5-10(12)14-9-8-13-7-6-11;;/h11H,2-9H2,1H3;;/q;+1;-1. The van der Waals surface area contributed by atoms with Crippen molar-refractivity contribution in [2.24, 2.45) is 0 Å². The first-order valence-electron chi connectivity index (χ1n) is 5.15. The Morgan fingerprint density at radius 2 is 2.00 bits per heavy atom. The van der Waals surface area contributed by atoms with E-state index in [1.54, 1.807) is 0 Å². The Labute approximate surface area is 136 Å². The van der Waals surface area contributed by atoms with Crippen LogP contribution in [0.3, 0.4) is 0 Å². The predicted octanol–water partition coefficient (Wildman–Crippen LogP) is -1.76. The van der Waals surface area contributed by atoms with E-state index in [4.69, 9.17) is 14.6 Å². The summed E-state index contributed by atoms with van der Waals surface area (Å²) in [5.74, 6) is -0.161. The number of aliphatic hydroxyl groups is 1. The minimum Gasteiger partial charge on any atom is -1.00 e. The van der Waals surface area contributed by atoms with Crippen molar-refractivity contribution >= 4 is 5.97 Å². The first kappa shape index (κ1) is 18.4. The van der Waals surface area contributed by atoms with Crippen LogP contribution >= 0.6 is 0 Å². The van der Waals surface area contributed by atoms with Gasteiger partial charge in [0, 0.05) is 6.42 Å². The number of rotatable bonds is 9. The van der Waals surface area contributed by atoms with Crippen molar-refractivity contribution in [3.8, 4) is 0 Å². The number of unbranched alkanes of at least 4 members (excludes halogenated alkanes) is 2. The molecule has 0 bridgehead atoms. The molecule has 0 aromatic heterocycles. The fourth-order valence-electron chi connectivity index (χ4n) is 0.973. The van der Waals surface area contributed by atoms with Crippen LogP contribution in [0.25, 0.3) is 0 Å². The largest absolute Gasteiger partial charge is 1.00 e. The van der Waals surface area contributed by atoms with E-state index in [0.717, 1.165) is 19.3 Å². The van der Waals surface area contributed by atoms with Gasteiger partial charge in [-0.2, -0.15) is 0 Å². The first-order chi connectivity index (χ1) is 6.81. The molecule has 4 nitrogen and oxygen atoms in total. The van der Waals surface area contributed by atoms with Crippen molar-refractivity contribution in [2.45, 2.75) is 32.6 Å². The second-order valence-electron chi connectivity index (χ2n) is 3.01. The van der Waals surface area contributed by atoms with Gasteiger partial charge in [0.05, 0.1) is 19.8 Å². The third-order valence-electron chi connectivity index (χ3n) is 1.71. The van der Waals surface area contributed by atoms with Gasteiger partial charge < -0.3 is 16.0 Å². The SMILES string of the molecule is CCCCCC(=O)OCCOCCO.[H-].[K+]. The summed E-state index contributed by atoms with van der Waals surface area (Å²) in [5.41, 5.74) is 0. The van der Waals surface area contributed by atoms with Crippen LogP contribution in [-0.4, -0.2) is 37.5 Å². The van der Waals surface area contributed by atoms with Crippen LogP contribution in [0.1, 0.15) is 34.0 Å². The summed E-state index contributed by atoms with van der Waals surface area (Å²) in [5, 5.41) is 8.39. The predicted molar refractivity (Wildman–Crippen MR) is 54.1 cm³/mol. The fraction of sp³-hybridized carbons (Fsp3) is 0.900. The van der Waals surface area contributed by atoms with E-state index in [1.165, 1.54) is 0 Å². The minimum atomic E-state index is -0.161. The molecule has 0 atom stereocenters. The third-order valence-corrected chi connectivity index (χ3v) is 1.71. The number of carbonyl (C=O) groups is 1. The summed E-state index contributed by atoms with van der Waals surface area (Å²) in [7, 11) is 0. The number of aliphatic hydroxyl groups excluding tert-OH is 1. The molecule has 0 aromatic carbocycles. The van der Waals surface area contributed by atoms with Crippen molar-refractivity contribution in [2.75, 3.05) is 26.4 Å². The smallest absolute Gasteiger partial charge is 1.00 e. The van der Waals surface area contributed by atoms with Crippen molar-refractivity contribution in [3.63, 3.8) is 0 Å². The van der Waals surface area contributed by atoms with Crippen molar-refractivity contribution in [1.29, 1.82) is 0 Å². The van der Waals surface area contributed by atoms with Gasteiger partial charge in [-0.3, -0.25) is 4.79 Å². The maximum Gasteiger partial charge on any atom is 1.00 e. The summed E-state index contributed by atoms with van der Waals surface area (Å²) in [6.07, 6.45) is 3.56. The Hall–Kier alpha value is 1.03. The van der Waals surface area contributed by atoms with E-state index in [0.29, 0.717) is 19.6 Å². The number of esters is 1. The molecule has 0 aliphatic carbocycles. The number of carbonyl (C=O) groups excluding carboxylic acids is 1. The summed E-state index contributed by atoms with van der Waals surface area (Å²) >= 11 is 0. The number of hydrogen-bond donors (Lipinski definition) is 1. The molecule has 0 amide bonds. The fourth-order valence-corrected chi connectivity index (χ4v) is 0.973. The third kappa shape index (κ3) is 15.0. The molecule has 0 aliphatic heterocycles. The zero-order chi connectivity index (χ0) is 10.6. The van der Waals surface area contributed by atoms with Gasteiger partial charge in [-0.05, 0) is 6.42 Å². The molecule has 0 aromatic rings. The Bertz CT molecular complexity index is 147. The van der Waals surface area contributed by atoms with Gasteiger partial charge in [0.2, 0.25) is 0 Å². The van der Waals surface area contributed by atoms with Crippen LogP contribution in [0.4, 0.5) is 0 Å². The first-order valence-corrected chi connectivity index (χ1v) is 5.15. The topological polar surface area (TPSA) is 55.8 Å². The van der Waals surface area contributed by atoms with E-state index in [1.807, 2.05) is 0 Å². The number of ether oxygens (including phenoxy) is 2. The molecule has 0 spiro atoms. The van der Waals surface area contributed by atoms with Crippen LogP contribution in [0.2, 0.25) is 0 Å². The Balaban J connectivity index is -0.000000845. The summed E-state index contributed by atoms with van der Waals surface area (Å²) in [4.78, 5) is 11.0. The molecule has 5 heteroatoms. The number of hydrogen-bond acceptors (Lipinski definition) is 4. The average Bonchev–Trinajstić information content (AvgIpc) is 2.18. The molecule has 86 valence electrons. The summed E-state index contributed by atoms with van der Waals surface area (Å²) in [6.45, 7) is 3.04. The molecule has 0 fully saturated rings. The molecular weight excluding hydrogens is 223 g/mol. The van der Waals surface area contributed by atoms with Crippen LogP contribution in [0, 0.1) is 0 Å². The van der Waals surface area contributed by atoms with Gasteiger partial charge >= 0.3 is 57.4 Å². The quantitative estimate of drug-likeness (QED) is 0.296. The maximum absolute atomic E-state index is 11.0. The van der Waals surface area contributed by atoms with E-state index in [2.05, 4.69) is 6.92 Å². The Morgan fingerprint density at radius 3 is 2.60 bits per heavy atom. The van der Waals surface area contributed by atoms with Crippen LogP contribution in [0.15, 0.2) is 0 Å². The Morgan fingerprint density at radius 1 is 1.27 bits per heavy atom. The zero-order valence-electron chi connectivity index (χ0n) is 10.8. The van der Waals surface area contributed by atoms with Gasteiger partial charge in [-0.1, -0.05) is 19.8 Å². The van der Waals surface area contributed by atoms with Gasteiger partial charge in [-0.25, -0.2) is 0 Å². The van der Waals surface area contributed by atoms with E-state index in [9.17, 15) is 4.79 Å². The molecule has 0 rings (SSSR count). The van der Waals surface area contributed by atoms with Crippen LogP contribution < -0.4 is 51.4 Å². The van der Waals surface area contributed by atoms with Crippen LogP contribution in [0.5, 0.6) is 0 Å². The average molecular weight is 244 g/mol. The van der Waals surface area contributed by atoms with Crippen molar-refractivity contribution < 1.29 is 72.2 Å². The van der Waals surface area contributed by atoms with Gasteiger partial charge in [0.15, 0.2) is 0 Å². The molecule has 1 N–H and O–H groups in total. The van der Waals surface area contributed by atoms with E-state index < -0.39 is 0 Å². The minimum absolute atomic E-state index is 0. The molecule has 0 unspecified atom stereocenters. The Kier molecular flexibility index (Phi) is 18.4. The monoisotopic (exact) mass is 244 g/mol. The second-order valence-corrected chi connectivity index (χ2v) is 3.01. The maximum atomic E-state index is 11.0. The van der Waals surface area contributed by atoms with Gasteiger partial charge in [0.25, 0.3) is 0 Å². The van der Waals surface area contributed by atoms with Crippen LogP contribution in [-0.2, 0) is 14.3 Å². The molecule has 0 saturated heterocycles. The molecular formula is C10H21KO4. The van der Waals surface area contributed by atoms with Crippen molar-refractivity contribution in [3.05, 3.63) is 0 Å². The van der Waals surface area contributed by atoms with Crippen molar-refractivity contribution in [1.82, 2.24) is 0 Å².